The number of ether oxygens (including phenoxy) is 1. The molecular formula is C10H10N2O3. The number of rotatable bonds is 2. The van der Waals surface area contributed by atoms with E-state index in [1.807, 2.05) is 6.07 Å². The van der Waals surface area contributed by atoms with Gasteiger partial charge in [-0.2, -0.15) is 5.26 Å². The fourth-order valence-corrected chi connectivity index (χ4v) is 1.25. The van der Waals surface area contributed by atoms with Crippen LogP contribution in [0.25, 0.3) is 0 Å². The van der Waals surface area contributed by atoms with Crippen LogP contribution in [0.3, 0.4) is 0 Å². The summed E-state index contributed by atoms with van der Waals surface area (Å²) in [7, 11) is 1.35. The van der Waals surface area contributed by atoms with Crippen molar-refractivity contribution >= 4 is 5.97 Å². The van der Waals surface area contributed by atoms with Crippen LogP contribution in [-0.2, 0) is 0 Å². The molecule has 1 aromatic rings. The Morgan fingerprint density at radius 2 is 2.07 bits per heavy atom. The molecule has 0 spiro atoms. The van der Waals surface area contributed by atoms with Crippen LogP contribution in [0.15, 0.2) is 0 Å². The summed E-state index contributed by atoms with van der Waals surface area (Å²) < 4.78 is 4.87. The molecule has 1 N–H and O–H groups in total. The van der Waals surface area contributed by atoms with Gasteiger partial charge < -0.3 is 9.84 Å². The van der Waals surface area contributed by atoms with Crippen LogP contribution in [0.2, 0.25) is 0 Å². The Hall–Kier alpha value is -2.09. The lowest BCUT2D eigenvalue weighted by atomic mass is 10.0. The number of methoxy groups -OCH3 is 1. The Labute approximate surface area is 86.9 Å². The molecule has 0 aromatic carbocycles. The summed E-state index contributed by atoms with van der Waals surface area (Å²) in [4.78, 5) is 14.6. The van der Waals surface area contributed by atoms with Crippen LogP contribution < -0.4 is 4.74 Å². The van der Waals surface area contributed by atoms with Crippen molar-refractivity contribution in [2.75, 3.05) is 7.11 Å². The first kappa shape index (κ1) is 11.0. The molecule has 0 aliphatic rings. The number of nitriles is 1. The number of hydrogen-bond acceptors (Lipinski definition) is 4. The van der Waals surface area contributed by atoms with E-state index in [2.05, 4.69) is 4.98 Å². The summed E-state index contributed by atoms with van der Waals surface area (Å²) in [5, 5.41) is 17.7. The third kappa shape index (κ3) is 1.74. The van der Waals surface area contributed by atoms with Crippen LogP contribution in [0.1, 0.15) is 27.2 Å². The van der Waals surface area contributed by atoms with Crippen LogP contribution in [0, 0.1) is 25.2 Å². The topological polar surface area (TPSA) is 83.2 Å². The molecule has 0 unspecified atom stereocenters. The second kappa shape index (κ2) is 3.96. The second-order valence-electron chi connectivity index (χ2n) is 3.01. The van der Waals surface area contributed by atoms with Gasteiger partial charge in [0.05, 0.1) is 7.11 Å². The van der Waals surface area contributed by atoms with Gasteiger partial charge in [-0.3, -0.25) is 0 Å². The number of nitrogens with zero attached hydrogens (tertiary/aromatic N) is 2. The first-order valence-electron chi connectivity index (χ1n) is 4.21. The number of hydrogen-bond donors (Lipinski definition) is 1. The summed E-state index contributed by atoms with van der Waals surface area (Å²) in [6.07, 6.45) is 0. The summed E-state index contributed by atoms with van der Waals surface area (Å²) in [5.74, 6) is -1.07. The molecule has 0 fully saturated rings. The minimum absolute atomic E-state index is 0.0537. The molecule has 0 radical (unpaired) electrons. The molecule has 0 aliphatic carbocycles. The van der Waals surface area contributed by atoms with Gasteiger partial charge in [-0.25, -0.2) is 9.78 Å². The molecule has 5 heteroatoms. The zero-order valence-electron chi connectivity index (χ0n) is 8.66. The highest BCUT2D eigenvalue weighted by atomic mass is 16.5. The highest BCUT2D eigenvalue weighted by molar-refractivity contribution is 5.88. The summed E-state index contributed by atoms with van der Waals surface area (Å²) >= 11 is 0. The third-order valence-electron chi connectivity index (χ3n) is 2.23. The zero-order chi connectivity index (χ0) is 11.6. The normalized spacial score (nSPS) is 9.47. The van der Waals surface area contributed by atoms with Crippen molar-refractivity contribution in [2.45, 2.75) is 13.8 Å². The van der Waals surface area contributed by atoms with Crippen molar-refractivity contribution in [2.24, 2.45) is 0 Å². The van der Waals surface area contributed by atoms with Crippen LogP contribution >= 0.6 is 0 Å². The molecule has 78 valence electrons. The van der Waals surface area contributed by atoms with Gasteiger partial charge in [0.2, 0.25) is 5.88 Å². The van der Waals surface area contributed by atoms with E-state index >= 15 is 0 Å². The number of aromatic carboxylic acids is 1. The lowest BCUT2D eigenvalue weighted by Gasteiger charge is -2.09. The molecular weight excluding hydrogens is 196 g/mol. The average molecular weight is 206 g/mol. The number of carbonyl (C=O) groups is 1. The fourth-order valence-electron chi connectivity index (χ4n) is 1.25. The second-order valence-corrected chi connectivity index (χ2v) is 3.01. The molecule has 1 heterocycles. The van der Waals surface area contributed by atoms with Crippen LogP contribution in [0.5, 0.6) is 5.88 Å². The Bertz CT molecular complexity index is 461. The predicted molar refractivity (Wildman–Crippen MR) is 51.9 cm³/mol. The van der Waals surface area contributed by atoms with Crippen molar-refractivity contribution in [3.8, 4) is 11.9 Å². The first-order chi connectivity index (χ1) is 7.02. The molecule has 0 aliphatic heterocycles. The highest BCUT2D eigenvalue weighted by Crippen LogP contribution is 2.23. The van der Waals surface area contributed by atoms with Gasteiger partial charge in [-0.05, 0) is 25.0 Å². The molecule has 0 bridgehead atoms. The van der Waals surface area contributed by atoms with Gasteiger partial charge in [0.25, 0.3) is 0 Å². The lowest BCUT2D eigenvalue weighted by Crippen LogP contribution is -2.08. The number of carboxylic acids is 1. The quantitative estimate of drug-likeness (QED) is 0.787. The lowest BCUT2D eigenvalue weighted by molar-refractivity contribution is 0.0688. The van der Waals surface area contributed by atoms with Crippen LogP contribution in [0.4, 0.5) is 0 Å². The number of pyridine rings is 1. The van der Waals surface area contributed by atoms with E-state index in [1.165, 1.54) is 7.11 Å². The first-order valence-corrected chi connectivity index (χ1v) is 4.21. The van der Waals surface area contributed by atoms with Crippen molar-refractivity contribution in [3.63, 3.8) is 0 Å². The molecule has 5 nitrogen and oxygen atoms in total. The maximum atomic E-state index is 10.8. The zero-order valence-corrected chi connectivity index (χ0v) is 8.66. The molecule has 0 atom stereocenters. The largest absolute Gasteiger partial charge is 0.480 e. The Morgan fingerprint density at radius 3 is 2.47 bits per heavy atom. The summed E-state index contributed by atoms with van der Waals surface area (Å²) in [5.41, 5.74) is 1.27. The van der Waals surface area contributed by atoms with Crippen molar-refractivity contribution in [3.05, 3.63) is 22.4 Å². The van der Waals surface area contributed by atoms with Gasteiger partial charge >= 0.3 is 5.97 Å². The van der Waals surface area contributed by atoms with Gasteiger partial charge in [0.1, 0.15) is 11.6 Å². The minimum Gasteiger partial charge on any atom is -0.480 e. The highest BCUT2D eigenvalue weighted by Gasteiger charge is 2.18. The molecule has 0 saturated carbocycles. The molecule has 0 amide bonds. The van der Waals surface area contributed by atoms with Crippen molar-refractivity contribution in [1.82, 2.24) is 4.98 Å². The maximum Gasteiger partial charge on any atom is 0.354 e. The molecule has 15 heavy (non-hydrogen) atoms. The molecule has 1 rings (SSSR count). The fraction of sp³-hybridized carbons (Fsp3) is 0.300. The molecule has 0 saturated heterocycles. The SMILES string of the molecule is COc1nc(C(=O)O)c(C)c(C)c1C#N. The van der Waals surface area contributed by atoms with E-state index in [9.17, 15) is 4.79 Å². The van der Waals surface area contributed by atoms with E-state index < -0.39 is 5.97 Å². The Kier molecular flexibility index (Phi) is 2.90. The van der Waals surface area contributed by atoms with E-state index in [1.54, 1.807) is 13.8 Å². The standard InChI is InChI=1S/C10H10N2O3/c1-5-6(2)8(10(13)14)12-9(15-3)7(5)4-11/h1-3H3,(H,13,14). The smallest absolute Gasteiger partial charge is 0.354 e. The van der Waals surface area contributed by atoms with E-state index in [0.717, 1.165) is 0 Å². The van der Waals surface area contributed by atoms with E-state index in [-0.39, 0.29) is 17.1 Å². The summed E-state index contributed by atoms with van der Waals surface area (Å²) in [6.45, 7) is 3.29. The maximum absolute atomic E-state index is 10.8. The Morgan fingerprint density at radius 1 is 1.47 bits per heavy atom. The predicted octanol–water partition coefficient (Wildman–Crippen LogP) is 1.28. The van der Waals surface area contributed by atoms with Crippen molar-refractivity contribution < 1.29 is 14.6 Å². The van der Waals surface area contributed by atoms with Gasteiger partial charge in [-0.15, -0.1) is 0 Å². The summed E-state index contributed by atoms with van der Waals surface area (Å²) in [6, 6.07) is 1.94. The Balaban J connectivity index is 3.58. The number of carboxylic acid groups (broad SMARTS) is 1. The molecule has 1 aromatic heterocycles. The monoisotopic (exact) mass is 206 g/mol. The van der Waals surface area contributed by atoms with E-state index in [4.69, 9.17) is 15.1 Å². The van der Waals surface area contributed by atoms with Crippen LogP contribution in [-0.4, -0.2) is 23.2 Å². The number of aromatic nitrogens is 1. The van der Waals surface area contributed by atoms with Gasteiger partial charge in [-0.1, -0.05) is 0 Å². The van der Waals surface area contributed by atoms with Gasteiger partial charge in [0.15, 0.2) is 5.69 Å². The van der Waals surface area contributed by atoms with E-state index in [0.29, 0.717) is 11.1 Å². The van der Waals surface area contributed by atoms with Crippen molar-refractivity contribution in [1.29, 1.82) is 5.26 Å². The average Bonchev–Trinajstić information content (AvgIpc) is 2.21. The third-order valence-corrected chi connectivity index (χ3v) is 2.23. The minimum atomic E-state index is -1.13. The van der Waals surface area contributed by atoms with Gasteiger partial charge in [0, 0.05) is 0 Å².